The smallest absolute Gasteiger partial charge is 0.141 e. The Kier molecular flexibility index (Phi) is 5.00. The number of nitrogens with zero attached hydrogens (tertiary/aromatic N) is 2. The number of aromatic nitrogens is 2. The van der Waals surface area contributed by atoms with Crippen LogP contribution in [-0.4, -0.2) is 9.97 Å². The summed E-state index contributed by atoms with van der Waals surface area (Å²) in [7, 11) is 0. The van der Waals surface area contributed by atoms with E-state index in [1.807, 2.05) is 6.07 Å². The lowest BCUT2D eigenvalue weighted by atomic mass is 9.85. The Morgan fingerprint density at radius 1 is 1.03 bits per heavy atom. The zero-order valence-electron chi connectivity index (χ0n) is 16.8. The number of hydrogen-bond donors (Lipinski definition) is 0. The molecule has 5 rings (SSSR count). The van der Waals surface area contributed by atoms with E-state index in [1.165, 1.54) is 24.5 Å². The highest BCUT2D eigenvalue weighted by molar-refractivity contribution is 6.31. The zero-order chi connectivity index (χ0) is 20.7. The summed E-state index contributed by atoms with van der Waals surface area (Å²) in [4.78, 5) is 9.06. The molecule has 0 radical (unpaired) electrons. The van der Waals surface area contributed by atoms with E-state index >= 15 is 0 Å². The van der Waals surface area contributed by atoms with Gasteiger partial charge in [-0.25, -0.2) is 14.4 Å². The second-order valence-corrected chi connectivity index (χ2v) is 8.50. The van der Waals surface area contributed by atoms with E-state index in [4.69, 9.17) is 11.6 Å². The SMILES string of the molecule is CC1=C(c2ccc(F)c(Cl)c2)C(c2ccc3ncnc(C4CC4)c3c2)=CC=CCC1. The van der Waals surface area contributed by atoms with Crippen LogP contribution in [0.15, 0.2) is 66.5 Å². The van der Waals surface area contributed by atoms with Gasteiger partial charge in [-0.05, 0) is 79.1 Å². The van der Waals surface area contributed by atoms with Crippen LogP contribution >= 0.6 is 11.6 Å². The Morgan fingerprint density at radius 3 is 2.67 bits per heavy atom. The molecule has 0 bridgehead atoms. The van der Waals surface area contributed by atoms with Gasteiger partial charge in [-0.1, -0.05) is 47.5 Å². The Hall–Kier alpha value is -2.78. The Bertz CT molecular complexity index is 1240. The largest absolute Gasteiger partial charge is 0.240 e. The molecule has 0 saturated heterocycles. The third-order valence-electron chi connectivity index (χ3n) is 5.93. The average molecular weight is 417 g/mol. The average Bonchev–Trinajstić information content (AvgIpc) is 3.58. The van der Waals surface area contributed by atoms with Crippen LogP contribution in [0.1, 0.15) is 55.3 Å². The standard InChI is InChI=1S/C26H22ClFN2/c1-16-5-3-2-4-6-20(25(16)19-9-11-23(28)22(27)14-19)18-10-12-24-21(13-18)26(17-7-8-17)30-15-29-24/h2,4,6,9-15,17H,3,5,7-8H2,1H3. The molecule has 0 atom stereocenters. The van der Waals surface area contributed by atoms with E-state index in [0.717, 1.165) is 51.7 Å². The maximum atomic E-state index is 13.8. The Balaban J connectivity index is 1.70. The lowest BCUT2D eigenvalue weighted by molar-refractivity contribution is 0.628. The van der Waals surface area contributed by atoms with E-state index in [2.05, 4.69) is 53.3 Å². The molecule has 0 N–H and O–H groups in total. The minimum atomic E-state index is -0.396. The molecule has 3 aromatic rings. The van der Waals surface area contributed by atoms with Crippen molar-refractivity contribution in [1.29, 1.82) is 0 Å². The molecule has 0 unspecified atom stereocenters. The minimum Gasteiger partial charge on any atom is -0.240 e. The molecule has 0 spiro atoms. The lowest BCUT2D eigenvalue weighted by Gasteiger charge is -2.19. The van der Waals surface area contributed by atoms with Crippen molar-refractivity contribution >= 4 is 33.7 Å². The summed E-state index contributed by atoms with van der Waals surface area (Å²) in [5.41, 5.74) is 7.66. The third-order valence-corrected chi connectivity index (χ3v) is 6.22. The van der Waals surface area contributed by atoms with Gasteiger partial charge < -0.3 is 0 Å². The highest BCUT2D eigenvalue weighted by Gasteiger charge is 2.27. The Labute approximate surface area is 180 Å². The number of fused-ring (bicyclic) bond motifs is 1. The van der Waals surface area contributed by atoms with Gasteiger partial charge in [-0.15, -0.1) is 0 Å². The lowest BCUT2D eigenvalue weighted by Crippen LogP contribution is -1.98. The van der Waals surface area contributed by atoms with Gasteiger partial charge in [0.15, 0.2) is 0 Å². The van der Waals surface area contributed by atoms with Crippen molar-refractivity contribution in [2.75, 3.05) is 0 Å². The molecule has 1 heterocycles. The van der Waals surface area contributed by atoms with Crippen molar-refractivity contribution in [2.45, 2.75) is 38.5 Å². The van der Waals surface area contributed by atoms with Crippen molar-refractivity contribution in [2.24, 2.45) is 0 Å². The normalized spacial score (nSPS) is 17.1. The Morgan fingerprint density at radius 2 is 1.87 bits per heavy atom. The van der Waals surface area contributed by atoms with E-state index in [0.29, 0.717) is 5.92 Å². The summed E-state index contributed by atoms with van der Waals surface area (Å²) in [6.45, 7) is 2.15. The predicted molar refractivity (Wildman–Crippen MR) is 122 cm³/mol. The predicted octanol–water partition coefficient (Wildman–Crippen LogP) is 7.51. The summed E-state index contributed by atoms with van der Waals surface area (Å²) >= 11 is 6.14. The van der Waals surface area contributed by atoms with Gasteiger partial charge in [0.25, 0.3) is 0 Å². The van der Waals surface area contributed by atoms with Crippen LogP contribution in [0, 0.1) is 5.82 Å². The first-order chi connectivity index (χ1) is 14.6. The van der Waals surface area contributed by atoms with Crippen molar-refractivity contribution in [3.63, 3.8) is 0 Å². The second-order valence-electron chi connectivity index (χ2n) is 8.10. The van der Waals surface area contributed by atoms with Gasteiger partial charge in [0.1, 0.15) is 12.1 Å². The molecular formula is C26H22ClFN2. The molecule has 4 heteroatoms. The van der Waals surface area contributed by atoms with Crippen molar-refractivity contribution in [1.82, 2.24) is 9.97 Å². The van der Waals surface area contributed by atoms with Gasteiger partial charge >= 0.3 is 0 Å². The first kappa shape index (κ1) is 19.2. The van der Waals surface area contributed by atoms with Crippen LogP contribution in [0.3, 0.4) is 0 Å². The zero-order valence-corrected chi connectivity index (χ0v) is 17.6. The van der Waals surface area contributed by atoms with E-state index in [-0.39, 0.29) is 5.02 Å². The fraction of sp³-hybridized carbons (Fsp3) is 0.231. The van der Waals surface area contributed by atoms with Gasteiger partial charge in [-0.2, -0.15) is 0 Å². The number of benzene rings is 2. The van der Waals surface area contributed by atoms with Gasteiger partial charge in [0.2, 0.25) is 0 Å². The van der Waals surface area contributed by atoms with Gasteiger partial charge in [0, 0.05) is 11.3 Å². The molecule has 150 valence electrons. The number of allylic oxidation sites excluding steroid dienone is 6. The molecule has 30 heavy (non-hydrogen) atoms. The van der Waals surface area contributed by atoms with Crippen molar-refractivity contribution < 1.29 is 4.39 Å². The highest BCUT2D eigenvalue weighted by Crippen LogP contribution is 2.43. The van der Waals surface area contributed by atoms with Gasteiger partial charge in [-0.3, -0.25) is 0 Å². The summed E-state index contributed by atoms with van der Waals surface area (Å²) < 4.78 is 13.8. The first-order valence-electron chi connectivity index (χ1n) is 10.4. The molecular weight excluding hydrogens is 395 g/mol. The van der Waals surface area contributed by atoms with Crippen molar-refractivity contribution in [3.05, 3.63) is 94.2 Å². The summed E-state index contributed by atoms with van der Waals surface area (Å²) in [6, 6.07) is 11.4. The molecule has 0 aliphatic heterocycles. The van der Waals surface area contributed by atoms with Gasteiger partial charge in [0.05, 0.1) is 16.2 Å². The van der Waals surface area contributed by atoms with Crippen molar-refractivity contribution in [3.8, 4) is 0 Å². The third kappa shape index (κ3) is 3.59. The number of rotatable bonds is 3. The molecule has 0 amide bonds. The molecule has 2 nitrogen and oxygen atoms in total. The first-order valence-corrected chi connectivity index (χ1v) is 10.8. The van der Waals surface area contributed by atoms with Crippen LogP contribution in [0.2, 0.25) is 5.02 Å². The fourth-order valence-corrected chi connectivity index (χ4v) is 4.40. The van der Waals surface area contributed by atoms with Crippen LogP contribution < -0.4 is 0 Å². The maximum Gasteiger partial charge on any atom is 0.141 e. The number of halogens is 2. The van der Waals surface area contributed by atoms with Crippen LogP contribution in [0.4, 0.5) is 4.39 Å². The quantitative estimate of drug-likeness (QED) is 0.441. The molecule has 2 aliphatic carbocycles. The summed E-state index contributed by atoms with van der Waals surface area (Å²) in [5.74, 6) is 0.150. The molecule has 2 aliphatic rings. The topological polar surface area (TPSA) is 25.8 Å². The summed E-state index contributed by atoms with van der Waals surface area (Å²) in [6.07, 6.45) is 12.4. The maximum absolute atomic E-state index is 13.8. The van der Waals surface area contributed by atoms with Crippen LogP contribution in [0.25, 0.3) is 22.0 Å². The molecule has 1 saturated carbocycles. The van der Waals surface area contributed by atoms with Crippen LogP contribution in [0.5, 0.6) is 0 Å². The van der Waals surface area contributed by atoms with E-state index in [1.54, 1.807) is 12.4 Å². The van der Waals surface area contributed by atoms with Crippen LogP contribution in [-0.2, 0) is 0 Å². The van der Waals surface area contributed by atoms with E-state index in [9.17, 15) is 4.39 Å². The molecule has 2 aromatic carbocycles. The molecule has 1 aromatic heterocycles. The minimum absolute atomic E-state index is 0.146. The summed E-state index contributed by atoms with van der Waals surface area (Å²) in [5, 5.41) is 1.27. The fourth-order valence-electron chi connectivity index (χ4n) is 4.22. The monoisotopic (exact) mass is 416 g/mol. The second kappa shape index (κ2) is 7.81. The highest BCUT2D eigenvalue weighted by atomic mass is 35.5. The van der Waals surface area contributed by atoms with E-state index < -0.39 is 5.82 Å². The molecule has 1 fully saturated rings. The number of hydrogen-bond acceptors (Lipinski definition) is 2.